The SMILES string of the molecule is NC(N)=NCCC[C@H]1NC(=O)CC(=O)N[C@H](CC(=O)O)C(=O)N[C@@H](Cc2ccccc2)CNC1=O. The van der Waals surface area contributed by atoms with Crippen molar-refractivity contribution in [3.63, 3.8) is 0 Å². The van der Waals surface area contributed by atoms with Gasteiger partial charge in [-0.1, -0.05) is 30.3 Å². The van der Waals surface area contributed by atoms with Crippen LogP contribution in [0.25, 0.3) is 0 Å². The fraction of sp³-hybridized carbons (Fsp3) is 0.455. The molecule has 0 spiro atoms. The van der Waals surface area contributed by atoms with Gasteiger partial charge in [0.25, 0.3) is 0 Å². The van der Waals surface area contributed by atoms with Crippen molar-refractivity contribution in [1.29, 1.82) is 0 Å². The van der Waals surface area contributed by atoms with Crippen LogP contribution in [-0.4, -0.2) is 71.9 Å². The zero-order chi connectivity index (χ0) is 25.8. The molecule has 0 bridgehead atoms. The van der Waals surface area contributed by atoms with Gasteiger partial charge in [-0.05, 0) is 24.8 Å². The molecule has 0 aliphatic carbocycles. The maximum atomic E-state index is 12.9. The number of carbonyl (C=O) groups excluding carboxylic acids is 4. The molecule has 1 aliphatic heterocycles. The summed E-state index contributed by atoms with van der Waals surface area (Å²) < 4.78 is 0. The number of amides is 4. The largest absolute Gasteiger partial charge is 0.481 e. The fourth-order valence-electron chi connectivity index (χ4n) is 3.51. The van der Waals surface area contributed by atoms with Crippen LogP contribution in [0.15, 0.2) is 35.3 Å². The molecule has 0 saturated carbocycles. The van der Waals surface area contributed by atoms with E-state index in [4.69, 9.17) is 11.5 Å². The summed E-state index contributed by atoms with van der Waals surface area (Å²) in [5, 5.41) is 19.4. The Hall–Kier alpha value is -4.16. The number of carboxylic acids is 1. The van der Waals surface area contributed by atoms with Crippen molar-refractivity contribution in [2.75, 3.05) is 13.1 Å². The van der Waals surface area contributed by atoms with Crippen molar-refractivity contribution >= 4 is 35.6 Å². The van der Waals surface area contributed by atoms with Crippen molar-refractivity contribution in [3.8, 4) is 0 Å². The lowest BCUT2D eigenvalue weighted by atomic mass is 10.0. The van der Waals surface area contributed by atoms with E-state index in [0.717, 1.165) is 5.56 Å². The average Bonchev–Trinajstić information content (AvgIpc) is 2.78. The third kappa shape index (κ3) is 10.1. The normalized spacial score (nSPS) is 21.7. The Morgan fingerprint density at radius 1 is 0.971 bits per heavy atom. The van der Waals surface area contributed by atoms with Gasteiger partial charge in [-0.15, -0.1) is 0 Å². The molecule has 35 heavy (non-hydrogen) atoms. The van der Waals surface area contributed by atoms with Crippen LogP contribution in [-0.2, 0) is 30.4 Å². The smallest absolute Gasteiger partial charge is 0.305 e. The van der Waals surface area contributed by atoms with E-state index in [9.17, 15) is 29.1 Å². The maximum absolute atomic E-state index is 12.9. The quantitative estimate of drug-likeness (QED) is 0.0911. The second-order valence-corrected chi connectivity index (χ2v) is 8.10. The molecule has 13 nitrogen and oxygen atoms in total. The first-order valence-corrected chi connectivity index (χ1v) is 11.1. The van der Waals surface area contributed by atoms with Gasteiger partial charge < -0.3 is 37.8 Å². The molecule has 1 aliphatic rings. The summed E-state index contributed by atoms with van der Waals surface area (Å²) in [4.78, 5) is 65.5. The number of nitrogens with one attached hydrogen (secondary N) is 4. The van der Waals surface area contributed by atoms with E-state index in [2.05, 4.69) is 26.3 Å². The van der Waals surface area contributed by atoms with Crippen molar-refractivity contribution in [2.24, 2.45) is 16.5 Å². The number of aliphatic imine (C=N–C) groups is 1. The number of nitrogens with two attached hydrogens (primary N) is 2. The third-order valence-corrected chi connectivity index (χ3v) is 5.14. The molecule has 1 saturated heterocycles. The summed E-state index contributed by atoms with van der Waals surface area (Å²) in [6.07, 6.45) is -0.436. The van der Waals surface area contributed by atoms with E-state index in [-0.39, 0.29) is 25.5 Å². The van der Waals surface area contributed by atoms with Gasteiger partial charge in [0, 0.05) is 13.1 Å². The van der Waals surface area contributed by atoms with E-state index in [1.165, 1.54) is 0 Å². The molecule has 0 radical (unpaired) electrons. The molecule has 1 fully saturated rings. The van der Waals surface area contributed by atoms with Crippen LogP contribution in [0.5, 0.6) is 0 Å². The van der Waals surface area contributed by atoms with Crippen molar-refractivity contribution in [2.45, 2.75) is 50.2 Å². The molecule has 0 unspecified atom stereocenters. The average molecular weight is 490 g/mol. The molecule has 3 atom stereocenters. The van der Waals surface area contributed by atoms with Crippen LogP contribution < -0.4 is 32.7 Å². The number of nitrogens with zero attached hydrogens (tertiary/aromatic N) is 1. The van der Waals surface area contributed by atoms with Crippen LogP contribution in [0.2, 0.25) is 0 Å². The third-order valence-electron chi connectivity index (χ3n) is 5.14. The number of rotatable bonds is 8. The highest BCUT2D eigenvalue weighted by Gasteiger charge is 2.29. The first kappa shape index (κ1) is 27.1. The van der Waals surface area contributed by atoms with Crippen molar-refractivity contribution < 1.29 is 29.1 Å². The van der Waals surface area contributed by atoms with Gasteiger partial charge in [0.05, 0.1) is 12.5 Å². The highest BCUT2D eigenvalue weighted by atomic mass is 16.4. The number of guanidine groups is 1. The Morgan fingerprint density at radius 3 is 2.26 bits per heavy atom. The molecule has 1 heterocycles. The Labute approximate surface area is 202 Å². The highest BCUT2D eigenvalue weighted by Crippen LogP contribution is 2.06. The Balaban J connectivity index is 2.24. The van der Waals surface area contributed by atoms with Crippen LogP contribution >= 0.6 is 0 Å². The van der Waals surface area contributed by atoms with Gasteiger partial charge in [-0.25, -0.2) is 0 Å². The second kappa shape index (κ2) is 13.5. The second-order valence-electron chi connectivity index (χ2n) is 8.10. The van der Waals surface area contributed by atoms with E-state index in [1.807, 2.05) is 30.3 Å². The minimum absolute atomic E-state index is 0.00742. The van der Waals surface area contributed by atoms with Crippen LogP contribution in [0, 0.1) is 0 Å². The molecular weight excluding hydrogens is 458 g/mol. The molecule has 9 N–H and O–H groups in total. The molecule has 13 heteroatoms. The van der Waals surface area contributed by atoms with Gasteiger partial charge >= 0.3 is 5.97 Å². The lowest BCUT2D eigenvalue weighted by Gasteiger charge is -2.24. The Kier molecular flexibility index (Phi) is 10.5. The molecule has 4 amide bonds. The summed E-state index contributed by atoms with van der Waals surface area (Å²) in [7, 11) is 0. The standard InChI is InChI=1S/C22H31N7O6/c23-22(24)25-8-4-7-15-20(34)26-12-14(9-13-5-2-1-3-6-13)27-21(35)16(10-19(32)33)29-18(31)11-17(30)28-15/h1-3,5-6,14-16H,4,7-12H2,(H,26,34)(H,27,35)(H,28,30)(H,29,31)(H,32,33)(H4,23,24,25)/t14-,15+,16+/m0/s1. The molecular formula is C22H31N7O6. The number of carboxylic acid groups (broad SMARTS) is 1. The minimum atomic E-state index is -1.39. The first-order valence-electron chi connectivity index (χ1n) is 11.1. The molecule has 1 aromatic carbocycles. The fourth-order valence-corrected chi connectivity index (χ4v) is 3.51. The lowest BCUT2D eigenvalue weighted by Crippen LogP contribution is -2.54. The van der Waals surface area contributed by atoms with Gasteiger partial charge in [-0.2, -0.15) is 0 Å². The predicted octanol–water partition coefficient (Wildman–Crippen LogP) is -2.27. The highest BCUT2D eigenvalue weighted by molar-refractivity contribution is 6.01. The molecule has 190 valence electrons. The molecule has 1 aromatic rings. The van der Waals surface area contributed by atoms with E-state index >= 15 is 0 Å². The zero-order valence-corrected chi connectivity index (χ0v) is 19.2. The van der Waals surface area contributed by atoms with E-state index < -0.39 is 60.6 Å². The number of carbonyl (C=O) groups is 5. The summed E-state index contributed by atoms with van der Waals surface area (Å²) >= 11 is 0. The van der Waals surface area contributed by atoms with Crippen LogP contribution in [0.3, 0.4) is 0 Å². The monoisotopic (exact) mass is 489 g/mol. The number of hydrogen-bond acceptors (Lipinski definition) is 6. The van der Waals surface area contributed by atoms with Gasteiger partial charge in [0.2, 0.25) is 23.6 Å². The number of benzene rings is 1. The predicted molar refractivity (Wildman–Crippen MR) is 126 cm³/mol. The Bertz CT molecular complexity index is 949. The molecule has 2 rings (SSSR count). The van der Waals surface area contributed by atoms with E-state index in [1.54, 1.807) is 0 Å². The zero-order valence-electron chi connectivity index (χ0n) is 19.2. The van der Waals surface area contributed by atoms with Gasteiger partial charge in [0.15, 0.2) is 5.96 Å². The van der Waals surface area contributed by atoms with Crippen LogP contribution in [0.4, 0.5) is 0 Å². The van der Waals surface area contributed by atoms with Crippen molar-refractivity contribution in [1.82, 2.24) is 21.3 Å². The Morgan fingerprint density at radius 2 is 1.63 bits per heavy atom. The minimum Gasteiger partial charge on any atom is -0.481 e. The maximum Gasteiger partial charge on any atom is 0.305 e. The van der Waals surface area contributed by atoms with Crippen molar-refractivity contribution in [3.05, 3.63) is 35.9 Å². The summed E-state index contributed by atoms with van der Waals surface area (Å²) in [6, 6.07) is 6.21. The molecule has 0 aromatic heterocycles. The number of hydrogen-bond donors (Lipinski definition) is 7. The number of aliphatic carboxylic acids is 1. The lowest BCUT2D eigenvalue weighted by molar-refractivity contribution is -0.141. The summed E-state index contributed by atoms with van der Waals surface area (Å²) in [5.74, 6) is -4.23. The topological polar surface area (TPSA) is 218 Å². The first-order chi connectivity index (χ1) is 16.6. The summed E-state index contributed by atoms with van der Waals surface area (Å²) in [6.45, 7) is 0.250. The van der Waals surface area contributed by atoms with Crippen LogP contribution in [0.1, 0.15) is 31.2 Å². The van der Waals surface area contributed by atoms with Gasteiger partial charge in [0.1, 0.15) is 18.5 Å². The van der Waals surface area contributed by atoms with Gasteiger partial charge in [-0.3, -0.25) is 29.0 Å². The van der Waals surface area contributed by atoms with E-state index in [0.29, 0.717) is 12.8 Å². The summed E-state index contributed by atoms with van der Waals surface area (Å²) in [5.41, 5.74) is 11.5.